The van der Waals surface area contributed by atoms with Crippen molar-refractivity contribution < 1.29 is 19.6 Å². The maximum absolute atomic E-state index is 11.4. The largest absolute Gasteiger partial charge is 0.480 e. The number of nitro benzene ring substituents is 1. The molecule has 9 heteroatoms. The van der Waals surface area contributed by atoms with Crippen LogP contribution in [-0.4, -0.2) is 103 Å². The molecule has 0 amide bonds. The van der Waals surface area contributed by atoms with Gasteiger partial charge in [0.25, 0.3) is 5.69 Å². The lowest BCUT2D eigenvalue weighted by atomic mass is 10.0. The van der Waals surface area contributed by atoms with Gasteiger partial charge in [0.05, 0.1) is 24.7 Å². The van der Waals surface area contributed by atoms with Crippen molar-refractivity contribution in [3.8, 4) is 0 Å². The molecule has 1 atom stereocenters. The summed E-state index contributed by atoms with van der Waals surface area (Å²) >= 11 is 0. The minimum absolute atomic E-state index is 0.0316. The number of aliphatic carboxylic acids is 1. The monoisotopic (exact) mass is 394 g/mol. The Kier molecular flexibility index (Phi) is 8.78. The first kappa shape index (κ1) is 22.2. The van der Waals surface area contributed by atoms with E-state index in [1.54, 1.807) is 12.1 Å². The fourth-order valence-electron chi connectivity index (χ4n) is 3.31. The number of nitro groups is 1. The molecule has 1 saturated heterocycles. The molecule has 0 unspecified atom stereocenters. The molecule has 0 spiro atoms. The van der Waals surface area contributed by atoms with Crippen LogP contribution in [0.15, 0.2) is 24.3 Å². The molecule has 0 aliphatic carbocycles. The molecule has 28 heavy (non-hydrogen) atoms. The summed E-state index contributed by atoms with van der Waals surface area (Å²) in [5.41, 5.74) is 1.00. The van der Waals surface area contributed by atoms with Gasteiger partial charge in [-0.25, -0.2) is 0 Å². The van der Waals surface area contributed by atoms with E-state index in [0.717, 1.165) is 25.2 Å². The van der Waals surface area contributed by atoms with Crippen LogP contribution in [-0.2, 0) is 16.0 Å². The normalized spacial score (nSPS) is 21.6. The summed E-state index contributed by atoms with van der Waals surface area (Å²) in [7, 11) is 4.10. The minimum Gasteiger partial charge on any atom is -0.480 e. The van der Waals surface area contributed by atoms with Crippen molar-refractivity contribution >= 4 is 11.7 Å². The van der Waals surface area contributed by atoms with Crippen molar-refractivity contribution in [3.05, 3.63) is 39.9 Å². The van der Waals surface area contributed by atoms with Crippen LogP contribution < -0.4 is 0 Å². The van der Waals surface area contributed by atoms with E-state index in [4.69, 9.17) is 4.74 Å². The second-order valence-corrected chi connectivity index (χ2v) is 7.32. The van der Waals surface area contributed by atoms with Gasteiger partial charge in [0.15, 0.2) is 0 Å². The highest BCUT2D eigenvalue weighted by Gasteiger charge is 2.23. The summed E-state index contributed by atoms with van der Waals surface area (Å²) in [5, 5.41) is 20.2. The Morgan fingerprint density at radius 3 is 2.43 bits per heavy atom. The lowest BCUT2D eigenvalue weighted by molar-refractivity contribution is -0.384. The number of rotatable bonds is 5. The van der Waals surface area contributed by atoms with Crippen molar-refractivity contribution in [2.24, 2.45) is 0 Å². The topological polar surface area (TPSA) is 99.4 Å². The molecule has 1 fully saturated rings. The fraction of sp³-hybridized carbons (Fsp3) is 0.632. The lowest BCUT2D eigenvalue weighted by Gasteiger charge is -2.34. The van der Waals surface area contributed by atoms with Gasteiger partial charge in [-0.1, -0.05) is 12.1 Å². The van der Waals surface area contributed by atoms with Gasteiger partial charge >= 0.3 is 5.97 Å². The Hall–Kier alpha value is -2.07. The molecule has 1 heterocycles. The van der Waals surface area contributed by atoms with Crippen LogP contribution in [0, 0.1) is 10.1 Å². The fourth-order valence-corrected chi connectivity index (χ4v) is 3.31. The van der Waals surface area contributed by atoms with Gasteiger partial charge in [0.2, 0.25) is 0 Å². The highest BCUT2D eigenvalue weighted by molar-refractivity contribution is 5.69. The van der Waals surface area contributed by atoms with Crippen LogP contribution in [0.2, 0.25) is 0 Å². The Morgan fingerprint density at radius 1 is 1.14 bits per heavy atom. The summed E-state index contributed by atoms with van der Waals surface area (Å²) in [6.07, 6.45) is 0.617. The highest BCUT2D eigenvalue weighted by Crippen LogP contribution is 2.16. The highest BCUT2D eigenvalue weighted by atomic mass is 16.6. The summed E-state index contributed by atoms with van der Waals surface area (Å²) in [6, 6.07) is 6.45. The van der Waals surface area contributed by atoms with E-state index >= 15 is 0 Å². The van der Waals surface area contributed by atoms with Crippen LogP contribution in [0.25, 0.3) is 0 Å². The first-order chi connectivity index (χ1) is 13.3. The molecule has 2 rings (SSSR count). The van der Waals surface area contributed by atoms with Gasteiger partial charge in [0.1, 0.15) is 0 Å². The van der Waals surface area contributed by atoms with Gasteiger partial charge in [-0.3, -0.25) is 19.8 Å². The van der Waals surface area contributed by atoms with Crippen LogP contribution in [0.4, 0.5) is 5.69 Å². The molecule has 9 nitrogen and oxygen atoms in total. The van der Waals surface area contributed by atoms with Crippen molar-refractivity contribution in [2.45, 2.75) is 12.5 Å². The van der Waals surface area contributed by atoms with Gasteiger partial charge in [0, 0.05) is 50.9 Å². The standard InChI is InChI=1S/C19H30N4O5/c1-20-7-8-21(2)14-18(13-16-3-5-17(6-4-16)23(26)27)22(15-19(24)25)10-12-28-11-9-20/h3-6,18H,7-15H2,1-2H3,(H,24,25)/t18-/m0/s1. The van der Waals surface area contributed by atoms with Crippen LogP contribution >= 0.6 is 0 Å². The number of hydrogen-bond donors (Lipinski definition) is 1. The number of likely N-dealkylation sites (N-methyl/N-ethyl adjacent to an activating group) is 2. The zero-order valence-corrected chi connectivity index (χ0v) is 16.6. The van der Waals surface area contributed by atoms with E-state index < -0.39 is 10.9 Å². The lowest BCUT2D eigenvalue weighted by Crippen LogP contribution is -2.49. The molecule has 0 saturated carbocycles. The van der Waals surface area contributed by atoms with Gasteiger partial charge in [-0.05, 0) is 26.1 Å². The third kappa shape index (κ3) is 7.51. The van der Waals surface area contributed by atoms with Gasteiger partial charge < -0.3 is 19.6 Å². The quantitative estimate of drug-likeness (QED) is 0.578. The Morgan fingerprint density at radius 2 is 1.79 bits per heavy atom. The number of hydrogen-bond acceptors (Lipinski definition) is 7. The van der Waals surface area contributed by atoms with E-state index in [2.05, 4.69) is 16.8 Å². The molecular weight excluding hydrogens is 364 g/mol. The van der Waals surface area contributed by atoms with E-state index in [9.17, 15) is 20.0 Å². The summed E-state index contributed by atoms with van der Waals surface area (Å²) in [4.78, 5) is 28.2. The average molecular weight is 394 g/mol. The van der Waals surface area contributed by atoms with Crippen molar-refractivity contribution in [2.75, 3.05) is 66.6 Å². The second kappa shape index (κ2) is 11.1. The van der Waals surface area contributed by atoms with E-state index in [-0.39, 0.29) is 18.3 Å². The third-order valence-electron chi connectivity index (χ3n) is 5.00. The number of nitrogens with zero attached hydrogens (tertiary/aromatic N) is 4. The van der Waals surface area contributed by atoms with E-state index in [1.165, 1.54) is 12.1 Å². The number of carboxylic acid groups (broad SMARTS) is 1. The van der Waals surface area contributed by atoms with Crippen LogP contribution in [0.3, 0.4) is 0 Å². The zero-order chi connectivity index (χ0) is 20.5. The van der Waals surface area contributed by atoms with Crippen molar-refractivity contribution in [1.82, 2.24) is 14.7 Å². The SMILES string of the molecule is CN1CCOCCN(CC(=O)O)[C@@H](Cc2ccc([N+](=O)[O-])cc2)CN(C)CC1. The maximum Gasteiger partial charge on any atom is 0.317 e. The van der Waals surface area contributed by atoms with Crippen LogP contribution in [0.1, 0.15) is 5.56 Å². The second-order valence-electron chi connectivity index (χ2n) is 7.32. The average Bonchev–Trinajstić information content (AvgIpc) is 2.64. The molecule has 156 valence electrons. The number of carboxylic acids is 1. The molecule has 1 N–H and O–H groups in total. The molecule has 0 radical (unpaired) electrons. The predicted molar refractivity (Wildman–Crippen MR) is 106 cm³/mol. The Bertz CT molecular complexity index is 640. The van der Waals surface area contributed by atoms with Crippen LogP contribution in [0.5, 0.6) is 0 Å². The molecule has 1 aromatic carbocycles. The zero-order valence-electron chi connectivity index (χ0n) is 16.6. The van der Waals surface area contributed by atoms with Crippen molar-refractivity contribution in [1.29, 1.82) is 0 Å². The summed E-state index contributed by atoms with van der Waals surface area (Å²) in [6.45, 7) is 4.89. The third-order valence-corrected chi connectivity index (χ3v) is 5.00. The molecule has 0 bridgehead atoms. The minimum atomic E-state index is -0.872. The summed E-state index contributed by atoms with van der Waals surface area (Å²) in [5.74, 6) is -0.872. The Labute approximate surface area is 165 Å². The molecule has 1 aliphatic rings. The van der Waals surface area contributed by atoms with E-state index in [0.29, 0.717) is 32.7 Å². The number of benzene rings is 1. The predicted octanol–water partition coefficient (Wildman–Crippen LogP) is 0.786. The molecule has 0 aromatic heterocycles. The van der Waals surface area contributed by atoms with Gasteiger partial charge in [-0.2, -0.15) is 0 Å². The first-order valence-corrected chi connectivity index (χ1v) is 9.49. The molecular formula is C19H30N4O5. The first-order valence-electron chi connectivity index (χ1n) is 9.49. The van der Waals surface area contributed by atoms with Crippen molar-refractivity contribution in [3.63, 3.8) is 0 Å². The smallest absolute Gasteiger partial charge is 0.317 e. The van der Waals surface area contributed by atoms with E-state index in [1.807, 2.05) is 11.9 Å². The van der Waals surface area contributed by atoms with Gasteiger partial charge in [-0.15, -0.1) is 0 Å². The molecule has 1 aliphatic heterocycles. The number of non-ortho nitro benzene ring substituents is 1. The molecule has 1 aromatic rings. The number of carbonyl (C=O) groups is 1. The maximum atomic E-state index is 11.4. The number of ether oxygens (including phenoxy) is 1. The Balaban J connectivity index is 2.16. The summed E-state index contributed by atoms with van der Waals surface area (Å²) < 4.78 is 5.69.